The third kappa shape index (κ3) is 2.47. The number of hydrogen-bond donors (Lipinski definition) is 2. The minimum absolute atomic E-state index is 0.0795. The van der Waals surface area contributed by atoms with E-state index in [4.69, 9.17) is 4.98 Å². The van der Waals surface area contributed by atoms with Crippen molar-refractivity contribution in [2.24, 2.45) is 0 Å². The normalized spacial score (nSPS) is 18.6. The Morgan fingerprint density at radius 2 is 2.10 bits per heavy atom. The van der Waals surface area contributed by atoms with Gasteiger partial charge in [0, 0.05) is 22.5 Å². The number of aromatic nitrogens is 1. The van der Waals surface area contributed by atoms with E-state index in [2.05, 4.69) is 22.1 Å². The zero-order chi connectivity index (χ0) is 14.2. The molecule has 1 amide bonds. The highest BCUT2D eigenvalue weighted by Gasteiger charge is 2.21. The number of fused-ring (bicyclic) bond motifs is 1. The van der Waals surface area contributed by atoms with Crippen molar-refractivity contribution in [3.8, 4) is 11.3 Å². The average Bonchev–Trinajstić information content (AvgIpc) is 3.12. The van der Waals surface area contributed by atoms with Gasteiger partial charge >= 0.3 is 0 Å². The molecule has 4 rings (SSSR count). The number of benzene rings is 1. The second kappa shape index (κ2) is 5.24. The van der Waals surface area contributed by atoms with Crippen LogP contribution >= 0.6 is 11.3 Å². The van der Waals surface area contributed by atoms with E-state index in [1.54, 1.807) is 11.3 Å². The molecular weight excluding hydrogens is 282 g/mol. The van der Waals surface area contributed by atoms with Gasteiger partial charge in [0.05, 0.1) is 17.1 Å². The van der Waals surface area contributed by atoms with Gasteiger partial charge in [0.1, 0.15) is 0 Å². The number of hydrogen-bond acceptors (Lipinski definition) is 4. The quantitative estimate of drug-likeness (QED) is 0.896. The van der Waals surface area contributed by atoms with Gasteiger partial charge in [0.15, 0.2) is 0 Å². The first-order valence-electron chi connectivity index (χ1n) is 7.39. The molecule has 108 valence electrons. The van der Waals surface area contributed by atoms with Crippen LogP contribution in [0.15, 0.2) is 23.6 Å². The van der Waals surface area contributed by atoms with Gasteiger partial charge in [-0.25, -0.2) is 4.98 Å². The van der Waals surface area contributed by atoms with Crippen LogP contribution in [0.4, 0.5) is 5.69 Å². The Hall–Kier alpha value is -1.72. The summed E-state index contributed by atoms with van der Waals surface area (Å²) < 4.78 is 0. The number of rotatable bonds is 2. The number of piperidine rings is 1. The second-order valence-corrected chi connectivity index (χ2v) is 6.58. The molecule has 0 radical (unpaired) electrons. The van der Waals surface area contributed by atoms with Gasteiger partial charge in [-0.15, -0.1) is 11.3 Å². The lowest BCUT2D eigenvalue weighted by molar-refractivity contribution is -0.115. The Morgan fingerprint density at radius 3 is 2.95 bits per heavy atom. The van der Waals surface area contributed by atoms with Gasteiger partial charge in [0.2, 0.25) is 5.91 Å². The Balaban J connectivity index is 1.61. The Morgan fingerprint density at radius 1 is 1.24 bits per heavy atom. The van der Waals surface area contributed by atoms with Gasteiger partial charge in [-0.1, -0.05) is 6.07 Å². The lowest BCUT2D eigenvalue weighted by atomic mass is 9.99. The van der Waals surface area contributed by atoms with Gasteiger partial charge < -0.3 is 10.6 Å². The summed E-state index contributed by atoms with van der Waals surface area (Å²) in [6, 6.07) is 6.12. The first-order chi connectivity index (χ1) is 10.3. The summed E-state index contributed by atoms with van der Waals surface area (Å²) in [6.07, 6.45) is 2.83. The molecule has 0 unspecified atom stereocenters. The molecule has 0 bridgehead atoms. The molecule has 1 aromatic carbocycles. The molecule has 4 nitrogen and oxygen atoms in total. The SMILES string of the molecule is O=C1Cc2cc(-c3csc(C4CCNCC4)n3)ccc2N1. The Bertz CT molecular complexity index is 689. The molecule has 21 heavy (non-hydrogen) atoms. The van der Waals surface area contributed by atoms with Gasteiger partial charge in [0.25, 0.3) is 0 Å². The van der Waals surface area contributed by atoms with E-state index in [0.717, 1.165) is 35.6 Å². The maximum atomic E-state index is 11.4. The van der Waals surface area contributed by atoms with E-state index in [1.807, 2.05) is 12.1 Å². The number of amides is 1. The van der Waals surface area contributed by atoms with Crippen molar-refractivity contribution >= 4 is 22.9 Å². The van der Waals surface area contributed by atoms with E-state index in [9.17, 15) is 4.79 Å². The molecule has 0 atom stereocenters. The van der Waals surface area contributed by atoms with E-state index in [0.29, 0.717) is 12.3 Å². The number of carbonyl (C=O) groups excluding carboxylic acids is 1. The summed E-state index contributed by atoms with van der Waals surface area (Å²) in [5.74, 6) is 0.679. The minimum atomic E-state index is 0.0795. The average molecular weight is 299 g/mol. The lowest BCUT2D eigenvalue weighted by Gasteiger charge is -2.20. The number of thiazole rings is 1. The van der Waals surface area contributed by atoms with Crippen molar-refractivity contribution in [1.29, 1.82) is 0 Å². The van der Waals surface area contributed by atoms with Crippen molar-refractivity contribution in [2.75, 3.05) is 18.4 Å². The summed E-state index contributed by atoms with van der Waals surface area (Å²) >= 11 is 1.76. The molecule has 2 aliphatic rings. The highest BCUT2D eigenvalue weighted by molar-refractivity contribution is 7.10. The Kier molecular flexibility index (Phi) is 3.24. The number of anilines is 1. The molecular formula is C16H17N3OS. The van der Waals surface area contributed by atoms with Crippen molar-refractivity contribution in [2.45, 2.75) is 25.2 Å². The van der Waals surface area contributed by atoms with Crippen LogP contribution in [-0.4, -0.2) is 24.0 Å². The zero-order valence-corrected chi connectivity index (χ0v) is 12.5. The predicted octanol–water partition coefficient (Wildman–Crippen LogP) is 2.77. The molecule has 0 aliphatic carbocycles. The fourth-order valence-corrected chi connectivity index (χ4v) is 4.07. The second-order valence-electron chi connectivity index (χ2n) is 5.69. The maximum Gasteiger partial charge on any atom is 0.228 e. The fraction of sp³-hybridized carbons (Fsp3) is 0.375. The summed E-state index contributed by atoms with van der Waals surface area (Å²) in [5, 5.41) is 9.66. The predicted molar refractivity (Wildman–Crippen MR) is 84.7 cm³/mol. The molecule has 5 heteroatoms. The number of nitrogens with one attached hydrogen (secondary N) is 2. The summed E-state index contributed by atoms with van der Waals surface area (Å²) in [7, 11) is 0. The topological polar surface area (TPSA) is 54.0 Å². The first kappa shape index (κ1) is 13.0. The lowest BCUT2D eigenvalue weighted by Crippen LogP contribution is -2.26. The van der Waals surface area contributed by atoms with Crippen molar-refractivity contribution in [3.63, 3.8) is 0 Å². The first-order valence-corrected chi connectivity index (χ1v) is 8.27. The van der Waals surface area contributed by atoms with E-state index in [-0.39, 0.29) is 5.91 Å². The molecule has 0 saturated carbocycles. The van der Waals surface area contributed by atoms with Crippen LogP contribution in [0.3, 0.4) is 0 Å². The zero-order valence-electron chi connectivity index (χ0n) is 11.7. The van der Waals surface area contributed by atoms with Crippen LogP contribution in [-0.2, 0) is 11.2 Å². The van der Waals surface area contributed by atoms with E-state index < -0.39 is 0 Å². The third-order valence-corrected chi connectivity index (χ3v) is 5.24. The largest absolute Gasteiger partial charge is 0.326 e. The van der Waals surface area contributed by atoms with Gasteiger partial charge in [-0.3, -0.25) is 4.79 Å². The van der Waals surface area contributed by atoms with Crippen LogP contribution in [0.5, 0.6) is 0 Å². The molecule has 3 heterocycles. The molecule has 0 spiro atoms. The molecule has 2 aliphatic heterocycles. The third-order valence-electron chi connectivity index (χ3n) is 4.24. The Labute approximate surface area is 127 Å². The summed E-state index contributed by atoms with van der Waals surface area (Å²) in [6.45, 7) is 2.18. The number of nitrogens with zero attached hydrogens (tertiary/aromatic N) is 1. The molecule has 2 N–H and O–H groups in total. The highest BCUT2D eigenvalue weighted by atomic mass is 32.1. The monoisotopic (exact) mass is 299 g/mol. The van der Waals surface area contributed by atoms with Crippen molar-refractivity contribution in [1.82, 2.24) is 10.3 Å². The molecule has 1 fully saturated rings. The minimum Gasteiger partial charge on any atom is -0.326 e. The molecule has 1 saturated heterocycles. The van der Waals surface area contributed by atoms with Crippen LogP contribution in [0.25, 0.3) is 11.3 Å². The highest BCUT2D eigenvalue weighted by Crippen LogP contribution is 2.33. The van der Waals surface area contributed by atoms with Crippen molar-refractivity contribution in [3.05, 3.63) is 34.2 Å². The summed E-state index contributed by atoms with van der Waals surface area (Å²) in [4.78, 5) is 16.3. The summed E-state index contributed by atoms with van der Waals surface area (Å²) in [5.41, 5.74) is 4.17. The van der Waals surface area contributed by atoms with Gasteiger partial charge in [-0.05, 0) is 43.6 Å². The molecule has 1 aromatic heterocycles. The van der Waals surface area contributed by atoms with Crippen LogP contribution in [0.1, 0.15) is 29.3 Å². The number of carbonyl (C=O) groups is 1. The van der Waals surface area contributed by atoms with Crippen LogP contribution in [0.2, 0.25) is 0 Å². The smallest absolute Gasteiger partial charge is 0.228 e. The van der Waals surface area contributed by atoms with Crippen LogP contribution < -0.4 is 10.6 Å². The van der Waals surface area contributed by atoms with E-state index >= 15 is 0 Å². The fourth-order valence-electron chi connectivity index (χ4n) is 3.07. The van der Waals surface area contributed by atoms with Crippen LogP contribution in [0, 0.1) is 0 Å². The standard InChI is InChI=1S/C16H17N3OS/c20-15-8-12-7-11(1-2-13(12)18-15)14-9-21-16(19-14)10-3-5-17-6-4-10/h1-2,7,9-10,17H,3-6,8H2,(H,18,20). The van der Waals surface area contributed by atoms with E-state index in [1.165, 1.54) is 17.8 Å². The maximum absolute atomic E-state index is 11.4. The molecule has 2 aromatic rings. The van der Waals surface area contributed by atoms with Crippen molar-refractivity contribution < 1.29 is 4.79 Å². The van der Waals surface area contributed by atoms with Gasteiger partial charge in [-0.2, -0.15) is 0 Å².